The van der Waals surface area contributed by atoms with Crippen molar-refractivity contribution in [2.45, 2.75) is 25.4 Å². The van der Waals surface area contributed by atoms with Gasteiger partial charge in [-0.2, -0.15) is 13.2 Å². The van der Waals surface area contributed by atoms with Gasteiger partial charge in [-0.15, -0.1) is 11.6 Å². The first-order valence-electron chi connectivity index (χ1n) is 8.74. The molecule has 0 radical (unpaired) electrons. The molecule has 1 N–H and O–H groups in total. The van der Waals surface area contributed by atoms with E-state index in [2.05, 4.69) is 26.9 Å². The van der Waals surface area contributed by atoms with Crippen molar-refractivity contribution in [2.24, 2.45) is 4.99 Å². The van der Waals surface area contributed by atoms with Crippen molar-refractivity contribution in [2.75, 3.05) is 11.9 Å². The number of anilines is 1. The molecule has 30 heavy (non-hydrogen) atoms. The second-order valence-corrected chi connectivity index (χ2v) is 6.62. The van der Waals surface area contributed by atoms with Gasteiger partial charge in [-0.1, -0.05) is 36.4 Å². The average Bonchev–Trinajstić information content (AvgIpc) is 2.70. The fourth-order valence-corrected chi connectivity index (χ4v) is 2.77. The molecule has 0 fully saturated rings. The van der Waals surface area contributed by atoms with Crippen molar-refractivity contribution < 1.29 is 17.9 Å². The highest BCUT2D eigenvalue weighted by atomic mass is 35.5. The van der Waals surface area contributed by atoms with Gasteiger partial charge in [0.05, 0.1) is 17.1 Å². The minimum Gasteiger partial charge on any atom is -0.443 e. The number of nitrogens with zero attached hydrogens (tertiary/aromatic N) is 3. The van der Waals surface area contributed by atoms with E-state index in [1.165, 1.54) is 13.3 Å². The standard InChI is InChI=1S/C20H19Cl2F3N4O/c1-3-15(20(23,24)25)11-27-13(2)30-16-6-4-14(5-7-16)8-9-26-19-18(22)17(10-21)28-12-29-19/h3-7,11-12H,1,8-10H2,2H3,(H,26,28,29)/b15-11+,27-13+. The SMILES string of the molecule is C=C/C(=C\N=C(/C)Oc1ccc(CCNc2ncnc(CCl)c2Cl)cc1)C(F)(F)F. The molecule has 2 aromatic rings. The summed E-state index contributed by atoms with van der Waals surface area (Å²) in [5.41, 5.74) is 0.619. The maximum Gasteiger partial charge on any atom is 0.417 e. The molecule has 0 amide bonds. The summed E-state index contributed by atoms with van der Waals surface area (Å²) in [6, 6.07) is 7.10. The fraction of sp³-hybridized carbons (Fsp3) is 0.250. The second-order valence-electron chi connectivity index (χ2n) is 5.97. The van der Waals surface area contributed by atoms with E-state index in [1.807, 2.05) is 12.1 Å². The first-order valence-corrected chi connectivity index (χ1v) is 9.66. The third-order valence-electron chi connectivity index (χ3n) is 3.82. The van der Waals surface area contributed by atoms with Crippen LogP contribution in [0.25, 0.3) is 0 Å². The predicted molar refractivity (Wildman–Crippen MR) is 113 cm³/mol. The second kappa shape index (κ2) is 11.0. The summed E-state index contributed by atoms with van der Waals surface area (Å²) in [6.07, 6.45) is -1.06. The lowest BCUT2D eigenvalue weighted by molar-refractivity contribution is -0.0883. The van der Waals surface area contributed by atoms with Crippen molar-refractivity contribution in [3.05, 3.63) is 71.3 Å². The van der Waals surface area contributed by atoms with Crippen molar-refractivity contribution in [1.29, 1.82) is 0 Å². The van der Waals surface area contributed by atoms with Crippen LogP contribution in [0.3, 0.4) is 0 Å². The number of benzene rings is 1. The highest BCUT2D eigenvalue weighted by Gasteiger charge is 2.31. The third kappa shape index (κ3) is 7.03. The molecule has 1 aromatic carbocycles. The van der Waals surface area contributed by atoms with Gasteiger partial charge in [0.2, 0.25) is 0 Å². The Kier molecular flexibility index (Phi) is 8.68. The third-order valence-corrected chi connectivity index (χ3v) is 4.47. The van der Waals surface area contributed by atoms with Crippen LogP contribution in [0.4, 0.5) is 19.0 Å². The van der Waals surface area contributed by atoms with Gasteiger partial charge >= 0.3 is 6.18 Å². The summed E-state index contributed by atoms with van der Waals surface area (Å²) >= 11 is 11.9. The molecular weight excluding hydrogens is 440 g/mol. The topological polar surface area (TPSA) is 59.4 Å². The van der Waals surface area contributed by atoms with Crippen LogP contribution in [0.15, 0.2) is 60.0 Å². The molecular formula is C20H19Cl2F3N4O. The number of alkyl halides is 4. The molecule has 0 bridgehead atoms. The molecule has 10 heteroatoms. The molecule has 0 spiro atoms. The van der Waals surface area contributed by atoms with E-state index in [9.17, 15) is 13.2 Å². The average molecular weight is 459 g/mol. The zero-order chi connectivity index (χ0) is 22.1. The Balaban J connectivity index is 1.91. The van der Waals surface area contributed by atoms with Crippen molar-refractivity contribution >= 4 is 34.9 Å². The van der Waals surface area contributed by atoms with E-state index in [4.69, 9.17) is 27.9 Å². The van der Waals surface area contributed by atoms with Crippen LogP contribution >= 0.6 is 23.2 Å². The van der Waals surface area contributed by atoms with Gasteiger partial charge in [-0.25, -0.2) is 15.0 Å². The van der Waals surface area contributed by atoms with Gasteiger partial charge in [0.15, 0.2) is 5.90 Å². The highest BCUT2D eigenvalue weighted by Crippen LogP contribution is 2.26. The van der Waals surface area contributed by atoms with Crippen LogP contribution in [0.2, 0.25) is 5.02 Å². The summed E-state index contributed by atoms with van der Waals surface area (Å²) in [7, 11) is 0. The van der Waals surface area contributed by atoms with E-state index < -0.39 is 11.7 Å². The van der Waals surface area contributed by atoms with Crippen LogP contribution in [0.5, 0.6) is 5.75 Å². The zero-order valence-corrected chi connectivity index (χ0v) is 17.5. The van der Waals surface area contributed by atoms with Crippen molar-refractivity contribution in [3.63, 3.8) is 0 Å². The Bertz CT molecular complexity index is 929. The number of halogens is 5. The van der Waals surface area contributed by atoms with Crippen LogP contribution in [0.1, 0.15) is 18.2 Å². The first-order chi connectivity index (χ1) is 14.2. The van der Waals surface area contributed by atoms with Crippen LogP contribution < -0.4 is 10.1 Å². The number of aromatic nitrogens is 2. The normalized spacial score (nSPS) is 12.6. The van der Waals surface area contributed by atoms with Crippen LogP contribution in [0, 0.1) is 0 Å². The van der Waals surface area contributed by atoms with Gasteiger partial charge in [0.25, 0.3) is 0 Å². The van der Waals surface area contributed by atoms with Crippen LogP contribution in [-0.2, 0) is 12.3 Å². The minimum atomic E-state index is -4.51. The summed E-state index contributed by atoms with van der Waals surface area (Å²) in [4.78, 5) is 11.8. The van der Waals surface area contributed by atoms with Gasteiger partial charge in [-0.05, 0) is 24.1 Å². The molecule has 0 aliphatic rings. The maximum absolute atomic E-state index is 12.6. The quantitative estimate of drug-likeness (QED) is 0.229. The summed E-state index contributed by atoms with van der Waals surface area (Å²) < 4.78 is 43.3. The molecule has 0 aliphatic heterocycles. The maximum atomic E-state index is 12.6. The lowest BCUT2D eigenvalue weighted by Crippen LogP contribution is -2.10. The van der Waals surface area contributed by atoms with E-state index in [0.29, 0.717) is 47.5 Å². The predicted octanol–water partition coefficient (Wildman–Crippen LogP) is 5.95. The number of nitrogens with one attached hydrogen (secondary N) is 1. The van der Waals surface area contributed by atoms with Crippen molar-refractivity contribution in [3.8, 4) is 5.75 Å². The van der Waals surface area contributed by atoms with Gasteiger partial charge in [0, 0.05) is 19.7 Å². The molecule has 0 saturated carbocycles. The molecule has 0 unspecified atom stereocenters. The Morgan fingerprint density at radius 2 is 1.97 bits per heavy atom. The molecule has 0 aliphatic carbocycles. The number of ether oxygens (including phenoxy) is 1. The largest absolute Gasteiger partial charge is 0.443 e. The van der Waals surface area contributed by atoms with Crippen LogP contribution in [-0.4, -0.2) is 28.6 Å². The summed E-state index contributed by atoms with van der Waals surface area (Å²) in [6.45, 7) is 5.17. The molecule has 1 heterocycles. The number of hydrogen-bond donors (Lipinski definition) is 1. The minimum absolute atomic E-state index is 0.0708. The lowest BCUT2D eigenvalue weighted by Gasteiger charge is -2.09. The smallest absolute Gasteiger partial charge is 0.417 e. The van der Waals surface area contributed by atoms with Gasteiger partial charge in [-0.3, -0.25) is 0 Å². The molecule has 0 atom stereocenters. The molecule has 0 saturated heterocycles. The molecule has 2 rings (SSSR count). The summed E-state index contributed by atoms with van der Waals surface area (Å²) in [5.74, 6) is 1.24. The van der Waals surface area contributed by atoms with Crippen molar-refractivity contribution in [1.82, 2.24) is 9.97 Å². The number of aliphatic imine (C=N–C) groups is 1. The van der Waals surface area contributed by atoms with E-state index in [-0.39, 0.29) is 11.8 Å². The number of hydrogen-bond acceptors (Lipinski definition) is 5. The number of rotatable bonds is 8. The van der Waals surface area contributed by atoms with Gasteiger partial charge < -0.3 is 10.1 Å². The van der Waals surface area contributed by atoms with E-state index in [0.717, 1.165) is 5.56 Å². The lowest BCUT2D eigenvalue weighted by atomic mass is 10.1. The Hall–Kier alpha value is -2.58. The monoisotopic (exact) mass is 458 g/mol. The Morgan fingerprint density at radius 1 is 1.27 bits per heavy atom. The first kappa shape index (κ1) is 23.7. The summed E-state index contributed by atoms with van der Waals surface area (Å²) in [5, 5.41) is 3.52. The van der Waals surface area contributed by atoms with E-state index >= 15 is 0 Å². The Labute approximate surface area is 182 Å². The fourth-order valence-electron chi connectivity index (χ4n) is 2.27. The Morgan fingerprint density at radius 3 is 2.57 bits per heavy atom. The number of allylic oxidation sites excluding steroid dienone is 2. The molecule has 1 aromatic heterocycles. The van der Waals surface area contributed by atoms with E-state index in [1.54, 1.807) is 12.1 Å². The zero-order valence-electron chi connectivity index (χ0n) is 16.0. The molecule has 5 nitrogen and oxygen atoms in total. The highest BCUT2D eigenvalue weighted by molar-refractivity contribution is 6.34. The molecule has 160 valence electrons. The van der Waals surface area contributed by atoms with Gasteiger partial charge in [0.1, 0.15) is 22.9 Å².